The van der Waals surface area contributed by atoms with Gasteiger partial charge in [0, 0.05) is 0 Å². The lowest BCUT2D eigenvalue weighted by molar-refractivity contribution is 0.196. The summed E-state index contributed by atoms with van der Waals surface area (Å²) in [6.45, 7) is 6.49. The van der Waals surface area contributed by atoms with E-state index in [1.54, 1.807) is 0 Å². The van der Waals surface area contributed by atoms with E-state index in [-0.39, 0.29) is 0 Å². The van der Waals surface area contributed by atoms with E-state index in [9.17, 15) is 0 Å². The Morgan fingerprint density at radius 2 is 2.06 bits per heavy atom. The van der Waals surface area contributed by atoms with Crippen LogP contribution in [0.15, 0.2) is 0 Å². The van der Waals surface area contributed by atoms with Gasteiger partial charge in [0.05, 0.1) is 11.7 Å². The molecule has 1 aromatic heterocycles. The normalized spacial score (nSPS) is 30.6. The van der Waals surface area contributed by atoms with Gasteiger partial charge in [-0.25, -0.2) is 4.68 Å². The Morgan fingerprint density at radius 1 is 1.38 bits per heavy atom. The minimum atomic E-state index is 0.412. The first-order valence-electron chi connectivity index (χ1n) is 6.00. The summed E-state index contributed by atoms with van der Waals surface area (Å²) in [5, 5.41) is 5.09. The SMILES string of the molecule is Cc1nn(C2CC(C)CCC2C)c(N)c1Cl. The number of halogens is 1. The van der Waals surface area contributed by atoms with Crippen molar-refractivity contribution in [2.45, 2.75) is 46.1 Å². The smallest absolute Gasteiger partial charge is 0.141 e. The van der Waals surface area contributed by atoms with Crippen LogP contribution in [0.2, 0.25) is 5.02 Å². The molecule has 4 heteroatoms. The Labute approximate surface area is 102 Å². The molecule has 3 nitrogen and oxygen atoms in total. The minimum absolute atomic E-state index is 0.412. The lowest BCUT2D eigenvalue weighted by Crippen LogP contribution is -2.26. The number of anilines is 1. The fraction of sp³-hybridized carbons (Fsp3) is 0.750. The number of nitrogens with two attached hydrogens (primary N) is 1. The molecule has 1 heterocycles. The van der Waals surface area contributed by atoms with Crippen LogP contribution in [0.3, 0.4) is 0 Å². The van der Waals surface area contributed by atoms with Crippen molar-refractivity contribution in [1.82, 2.24) is 9.78 Å². The van der Waals surface area contributed by atoms with Crippen molar-refractivity contribution in [1.29, 1.82) is 0 Å². The Bertz CT molecular complexity index is 386. The van der Waals surface area contributed by atoms with Crippen LogP contribution >= 0.6 is 11.6 Å². The zero-order valence-electron chi connectivity index (χ0n) is 10.2. The van der Waals surface area contributed by atoms with Crippen LogP contribution < -0.4 is 5.73 Å². The molecule has 1 aliphatic rings. The topological polar surface area (TPSA) is 43.8 Å². The molecule has 16 heavy (non-hydrogen) atoms. The first-order chi connectivity index (χ1) is 7.50. The van der Waals surface area contributed by atoms with Gasteiger partial charge in [0.2, 0.25) is 0 Å². The molecular formula is C12H20ClN3. The third-order valence-electron chi connectivity index (χ3n) is 3.78. The van der Waals surface area contributed by atoms with Crippen LogP contribution in [0.1, 0.15) is 44.8 Å². The maximum Gasteiger partial charge on any atom is 0.141 e. The number of nitrogen functional groups attached to an aromatic ring is 1. The first-order valence-corrected chi connectivity index (χ1v) is 6.38. The van der Waals surface area contributed by atoms with Gasteiger partial charge < -0.3 is 5.73 Å². The van der Waals surface area contributed by atoms with Gasteiger partial charge in [0.25, 0.3) is 0 Å². The first kappa shape index (κ1) is 11.8. The molecular weight excluding hydrogens is 222 g/mol. The molecule has 2 rings (SSSR count). The molecule has 2 N–H and O–H groups in total. The summed E-state index contributed by atoms with van der Waals surface area (Å²) in [5.41, 5.74) is 6.85. The molecule has 1 aliphatic carbocycles. The average molecular weight is 242 g/mol. The summed E-state index contributed by atoms with van der Waals surface area (Å²) in [6, 6.07) is 0.412. The molecule has 0 amide bonds. The number of aryl methyl sites for hydroxylation is 1. The zero-order valence-corrected chi connectivity index (χ0v) is 11.0. The maximum absolute atomic E-state index is 6.09. The molecule has 0 bridgehead atoms. The average Bonchev–Trinajstić information content (AvgIpc) is 2.50. The summed E-state index contributed by atoms with van der Waals surface area (Å²) in [7, 11) is 0. The van der Waals surface area contributed by atoms with Crippen LogP contribution in [-0.4, -0.2) is 9.78 Å². The van der Waals surface area contributed by atoms with Gasteiger partial charge >= 0.3 is 0 Å². The predicted molar refractivity (Wildman–Crippen MR) is 67.6 cm³/mol. The number of aromatic nitrogens is 2. The second-order valence-electron chi connectivity index (χ2n) is 5.19. The quantitative estimate of drug-likeness (QED) is 0.819. The van der Waals surface area contributed by atoms with Crippen molar-refractivity contribution in [2.75, 3.05) is 5.73 Å². The fourth-order valence-corrected chi connectivity index (χ4v) is 2.77. The van der Waals surface area contributed by atoms with E-state index < -0.39 is 0 Å². The van der Waals surface area contributed by atoms with Crippen LogP contribution in [0.4, 0.5) is 5.82 Å². The Hall–Kier alpha value is -0.700. The largest absolute Gasteiger partial charge is 0.383 e. The number of rotatable bonds is 1. The van der Waals surface area contributed by atoms with Gasteiger partial charge in [0.1, 0.15) is 10.8 Å². The third-order valence-corrected chi connectivity index (χ3v) is 4.24. The van der Waals surface area contributed by atoms with Crippen LogP contribution in [0.25, 0.3) is 0 Å². The Balaban J connectivity index is 2.31. The highest BCUT2D eigenvalue weighted by Gasteiger charge is 2.29. The highest BCUT2D eigenvalue weighted by atomic mass is 35.5. The molecule has 0 radical (unpaired) electrons. The molecule has 0 aromatic carbocycles. The number of nitrogens with zero attached hydrogens (tertiary/aromatic N) is 2. The fourth-order valence-electron chi connectivity index (χ4n) is 2.64. The van der Waals surface area contributed by atoms with Crippen molar-refractivity contribution in [3.05, 3.63) is 10.7 Å². The standard InChI is InChI=1S/C12H20ClN3/c1-7-4-5-8(2)10(6-7)16-12(14)11(13)9(3)15-16/h7-8,10H,4-6,14H2,1-3H3. The lowest BCUT2D eigenvalue weighted by Gasteiger charge is -2.33. The molecule has 90 valence electrons. The van der Waals surface area contributed by atoms with E-state index in [1.165, 1.54) is 12.8 Å². The molecule has 1 aromatic rings. The van der Waals surface area contributed by atoms with Gasteiger partial charge in [-0.15, -0.1) is 0 Å². The molecule has 3 atom stereocenters. The van der Waals surface area contributed by atoms with Crippen molar-refractivity contribution >= 4 is 17.4 Å². The second kappa shape index (κ2) is 4.28. The van der Waals surface area contributed by atoms with E-state index in [0.717, 1.165) is 18.0 Å². The number of hydrogen-bond donors (Lipinski definition) is 1. The van der Waals surface area contributed by atoms with Crippen LogP contribution in [0.5, 0.6) is 0 Å². The summed E-state index contributed by atoms with van der Waals surface area (Å²) in [5.74, 6) is 2.02. The summed E-state index contributed by atoms with van der Waals surface area (Å²) in [6.07, 6.45) is 3.72. The Kier molecular flexibility index (Phi) is 3.15. The lowest BCUT2D eigenvalue weighted by atomic mass is 9.80. The van der Waals surface area contributed by atoms with Crippen molar-refractivity contribution in [2.24, 2.45) is 11.8 Å². The third kappa shape index (κ3) is 1.93. The van der Waals surface area contributed by atoms with E-state index in [4.69, 9.17) is 17.3 Å². The van der Waals surface area contributed by atoms with Crippen molar-refractivity contribution < 1.29 is 0 Å². The number of hydrogen-bond acceptors (Lipinski definition) is 2. The molecule has 1 saturated carbocycles. The van der Waals surface area contributed by atoms with Crippen LogP contribution in [-0.2, 0) is 0 Å². The summed E-state index contributed by atoms with van der Waals surface area (Å²) < 4.78 is 1.94. The molecule has 0 spiro atoms. The molecule has 3 unspecified atom stereocenters. The summed E-state index contributed by atoms with van der Waals surface area (Å²) in [4.78, 5) is 0. The molecule has 0 saturated heterocycles. The predicted octanol–water partition coefficient (Wildman–Crippen LogP) is 3.42. The van der Waals surface area contributed by atoms with Crippen molar-refractivity contribution in [3.63, 3.8) is 0 Å². The zero-order chi connectivity index (χ0) is 11.9. The monoisotopic (exact) mass is 241 g/mol. The highest BCUT2D eigenvalue weighted by Crippen LogP contribution is 2.39. The van der Waals surface area contributed by atoms with E-state index in [1.807, 2.05) is 11.6 Å². The molecule has 1 fully saturated rings. The van der Waals surface area contributed by atoms with Gasteiger partial charge in [-0.2, -0.15) is 5.10 Å². The van der Waals surface area contributed by atoms with Gasteiger partial charge in [-0.3, -0.25) is 0 Å². The van der Waals surface area contributed by atoms with E-state index in [0.29, 0.717) is 22.8 Å². The van der Waals surface area contributed by atoms with Gasteiger partial charge in [-0.1, -0.05) is 31.9 Å². The highest BCUT2D eigenvalue weighted by molar-refractivity contribution is 6.33. The maximum atomic E-state index is 6.09. The van der Waals surface area contributed by atoms with E-state index >= 15 is 0 Å². The summed E-state index contributed by atoms with van der Waals surface area (Å²) >= 11 is 6.09. The van der Waals surface area contributed by atoms with Crippen LogP contribution in [0, 0.1) is 18.8 Å². The Morgan fingerprint density at radius 3 is 2.62 bits per heavy atom. The van der Waals surface area contributed by atoms with Gasteiger partial charge in [0.15, 0.2) is 0 Å². The van der Waals surface area contributed by atoms with Crippen molar-refractivity contribution in [3.8, 4) is 0 Å². The molecule has 0 aliphatic heterocycles. The van der Waals surface area contributed by atoms with Gasteiger partial charge in [-0.05, 0) is 31.6 Å². The second-order valence-corrected chi connectivity index (χ2v) is 5.57. The van der Waals surface area contributed by atoms with E-state index in [2.05, 4.69) is 18.9 Å². The minimum Gasteiger partial charge on any atom is -0.383 e.